The predicted molar refractivity (Wildman–Crippen MR) is 103 cm³/mol. The Morgan fingerprint density at radius 2 is 1.74 bits per heavy atom. The highest BCUT2D eigenvalue weighted by molar-refractivity contribution is 7.16. The second kappa shape index (κ2) is 8.60. The van der Waals surface area contributed by atoms with Gasteiger partial charge in [-0.25, -0.2) is 0 Å². The van der Waals surface area contributed by atoms with Crippen LogP contribution in [0.25, 0.3) is 0 Å². The van der Waals surface area contributed by atoms with Crippen molar-refractivity contribution in [3.05, 3.63) is 81.4 Å². The van der Waals surface area contributed by atoms with Gasteiger partial charge in [-0.1, -0.05) is 12.1 Å². The summed E-state index contributed by atoms with van der Waals surface area (Å²) in [5.41, 5.74) is 1.54. The number of ketones is 2. The fraction of sp³-hybridized carbons (Fsp3) is 0.190. The molecule has 1 aromatic carbocycles. The molecule has 2 aromatic heterocycles. The maximum Gasteiger partial charge on any atom is 0.251 e. The predicted octanol–water partition coefficient (Wildman–Crippen LogP) is 4.29. The van der Waals surface area contributed by atoms with Gasteiger partial charge in [0.2, 0.25) is 0 Å². The molecule has 0 aliphatic heterocycles. The Kier molecular flexibility index (Phi) is 5.98. The molecule has 1 N–H and O–H groups in total. The van der Waals surface area contributed by atoms with Crippen molar-refractivity contribution in [3.63, 3.8) is 0 Å². The third kappa shape index (κ3) is 5.01. The summed E-state index contributed by atoms with van der Waals surface area (Å²) in [5.74, 6) is 0.511. The van der Waals surface area contributed by atoms with Crippen molar-refractivity contribution in [2.75, 3.05) is 0 Å². The Balaban J connectivity index is 1.51. The average Bonchev–Trinajstić information content (AvgIpc) is 3.36. The first-order chi connectivity index (χ1) is 13.0. The van der Waals surface area contributed by atoms with E-state index >= 15 is 0 Å². The molecular weight excluding hydrogens is 362 g/mol. The van der Waals surface area contributed by atoms with E-state index in [0.29, 0.717) is 40.5 Å². The number of hydrogen-bond acceptors (Lipinski definition) is 5. The molecule has 0 fully saturated rings. The SMILES string of the molecule is CC(=O)c1ccc(C(=O)CCc2ccc(C(=O)NCc3ccco3)cc2)s1. The van der Waals surface area contributed by atoms with Crippen LogP contribution in [0.5, 0.6) is 0 Å². The molecule has 138 valence electrons. The first-order valence-corrected chi connectivity index (χ1v) is 9.38. The van der Waals surface area contributed by atoms with Crippen molar-refractivity contribution in [1.82, 2.24) is 5.32 Å². The van der Waals surface area contributed by atoms with Gasteiger partial charge in [0.15, 0.2) is 11.6 Å². The summed E-state index contributed by atoms with van der Waals surface area (Å²) in [4.78, 5) is 36.9. The molecule has 2 heterocycles. The van der Waals surface area contributed by atoms with Crippen molar-refractivity contribution in [1.29, 1.82) is 0 Å². The lowest BCUT2D eigenvalue weighted by Gasteiger charge is -2.05. The van der Waals surface area contributed by atoms with Crippen LogP contribution in [0.1, 0.15) is 54.4 Å². The van der Waals surface area contributed by atoms with Gasteiger partial charge in [0.25, 0.3) is 5.91 Å². The maximum absolute atomic E-state index is 12.3. The van der Waals surface area contributed by atoms with E-state index in [0.717, 1.165) is 5.56 Å². The Labute approximate surface area is 161 Å². The zero-order valence-corrected chi connectivity index (χ0v) is 15.7. The highest BCUT2D eigenvalue weighted by atomic mass is 32.1. The van der Waals surface area contributed by atoms with E-state index in [4.69, 9.17) is 4.42 Å². The molecule has 0 radical (unpaired) electrons. The summed E-state index contributed by atoms with van der Waals surface area (Å²) >= 11 is 1.24. The van der Waals surface area contributed by atoms with Crippen LogP contribution in [0.15, 0.2) is 59.2 Å². The topological polar surface area (TPSA) is 76.4 Å². The van der Waals surface area contributed by atoms with E-state index in [2.05, 4.69) is 5.32 Å². The Morgan fingerprint density at radius 3 is 2.37 bits per heavy atom. The average molecular weight is 381 g/mol. The first-order valence-electron chi connectivity index (χ1n) is 8.56. The number of Topliss-reactive ketones (excluding diaryl/α,β-unsaturated/α-hetero) is 2. The molecule has 1 amide bonds. The van der Waals surface area contributed by atoms with Crippen LogP contribution >= 0.6 is 11.3 Å². The zero-order chi connectivity index (χ0) is 19.2. The fourth-order valence-electron chi connectivity index (χ4n) is 2.56. The number of rotatable bonds is 8. The van der Waals surface area contributed by atoms with Crippen LogP contribution < -0.4 is 5.32 Å². The van der Waals surface area contributed by atoms with Crippen molar-refractivity contribution in [2.24, 2.45) is 0 Å². The van der Waals surface area contributed by atoms with E-state index < -0.39 is 0 Å². The van der Waals surface area contributed by atoms with Crippen molar-refractivity contribution in [2.45, 2.75) is 26.3 Å². The van der Waals surface area contributed by atoms with E-state index in [-0.39, 0.29) is 17.5 Å². The number of carbonyl (C=O) groups excluding carboxylic acids is 3. The molecule has 0 atom stereocenters. The molecule has 5 nitrogen and oxygen atoms in total. The van der Waals surface area contributed by atoms with Gasteiger partial charge in [0.1, 0.15) is 5.76 Å². The summed E-state index contributed by atoms with van der Waals surface area (Å²) in [6, 6.07) is 14.2. The molecule has 0 saturated heterocycles. The summed E-state index contributed by atoms with van der Waals surface area (Å²) in [6.07, 6.45) is 2.51. The molecule has 3 rings (SSSR count). The number of benzene rings is 1. The summed E-state index contributed by atoms with van der Waals surface area (Å²) < 4.78 is 5.18. The standard InChI is InChI=1S/C21H19NO4S/c1-14(23)19-10-11-20(27-19)18(24)9-6-15-4-7-16(8-5-15)21(25)22-13-17-3-2-12-26-17/h2-5,7-8,10-12H,6,9,13H2,1H3,(H,22,25). The van der Waals surface area contributed by atoms with Crippen LogP contribution in [-0.2, 0) is 13.0 Å². The highest BCUT2D eigenvalue weighted by Gasteiger charge is 2.12. The smallest absolute Gasteiger partial charge is 0.251 e. The van der Waals surface area contributed by atoms with E-state index in [9.17, 15) is 14.4 Å². The normalized spacial score (nSPS) is 10.6. The minimum atomic E-state index is -0.177. The van der Waals surface area contributed by atoms with E-state index in [1.165, 1.54) is 18.3 Å². The van der Waals surface area contributed by atoms with Gasteiger partial charge in [-0.3, -0.25) is 14.4 Å². The molecule has 0 aliphatic carbocycles. The Hall–Kier alpha value is -2.99. The minimum absolute atomic E-state index is 0.0211. The van der Waals surface area contributed by atoms with E-state index in [1.807, 2.05) is 12.1 Å². The molecule has 27 heavy (non-hydrogen) atoms. The summed E-state index contributed by atoms with van der Waals surface area (Å²) in [6.45, 7) is 1.83. The largest absolute Gasteiger partial charge is 0.467 e. The number of hydrogen-bond donors (Lipinski definition) is 1. The molecule has 0 bridgehead atoms. The lowest BCUT2D eigenvalue weighted by atomic mass is 10.0. The summed E-state index contributed by atoms with van der Waals surface area (Å²) in [5, 5.41) is 2.79. The molecule has 0 aliphatic rings. The van der Waals surface area contributed by atoms with Crippen LogP contribution in [0.4, 0.5) is 0 Å². The molecule has 3 aromatic rings. The molecule has 0 saturated carbocycles. The second-order valence-electron chi connectivity index (χ2n) is 6.10. The number of amides is 1. The number of furan rings is 1. The van der Waals surface area contributed by atoms with Gasteiger partial charge < -0.3 is 9.73 Å². The number of thiophene rings is 1. The molecule has 6 heteroatoms. The molecule has 0 spiro atoms. The van der Waals surface area contributed by atoms with Gasteiger partial charge in [0.05, 0.1) is 22.6 Å². The monoisotopic (exact) mass is 381 g/mol. The molecule has 0 unspecified atom stereocenters. The Morgan fingerprint density at radius 1 is 1.00 bits per heavy atom. The van der Waals surface area contributed by atoms with Crippen LogP contribution in [0.3, 0.4) is 0 Å². The number of nitrogens with one attached hydrogen (secondary N) is 1. The van der Waals surface area contributed by atoms with Crippen LogP contribution in [0, 0.1) is 0 Å². The van der Waals surface area contributed by atoms with Crippen LogP contribution in [-0.4, -0.2) is 17.5 Å². The van der Waals surface area contributed by atoms with Gasteiger partial charge in [-0.05, 0) is 55.3 Å². The van der Waals surface area contributed by atoms with Crippen LogP contribution in [0.2, 0.25) is 0 Å². The third-order valence-electron chi connectivity index (χ3n) is 4.09. The van der Waals surface area contributed by atoms with Crippen molar-refractivity contribution in [3.8, 4) is 0 Å². The van der Waals surface area contributed by atoms with Crippen molar-refractivity contribution < 1.29 is 18.8 Å². The number of carbonyl (C=O) groups is 3. The minimum Gasteiger partial charge on any atom is -0.467 e. The maximum atomic E-state index is 12.3. The zero-order valence-electron chi connectivity index (χ0n) is 14.9. The lowest BCUT2D eigenvalue weighted by Crippen LogP contribution is -2.22. The van der Waals surface area contributed by atoms with Gasteiger partial charge in [0, 0.05) is 12.0 Å². The second-order valence-corrected chi connectivity index (χ2v) is 7.19. The molecular formula is C21H19NO4S. The van der Waals surface area contributed by atoms with Gasteiger partial charge in [-0.2, -0.15) is 0 Å². The Bertz CT molecular complexity index is 939. The van der Waals surface area contributed by atoms with Gasteiger partial charge >= 0.3 is 0 Å². The fourth-order valence-corrected chi connectivity index (χ4v) is 3.43. The van der Waals surface area contributed by atoms with Crippen molar-refractivity contribution >= 4 is 28.8 Å². The third-order valence-corrected chi connectivity index (χ3v) is 5.32. The highest BCUT2D eigenvalue weighted by Crippen LogP contribution is 2.19. The number of aryl methyl sites for hydroxylation is 1. The van der Waals surface area contributed by atoms with Gasteiger partial charge in [-0.15, -0.1) is 11.3 Å². The lowest BCUT2D eigenvalue weighted by molar-refractivity contribution is 0.0945. The first kappa shape index (κ1) is 18.8. The summed E-state index contributed by atoms with van der Waals surface area (Å²) in [7, 11) is 0. The van der Waals surface area contributed by atoms with E-state index in [1.54, 1.807) is 42.7 Å². The quantitative estimate of drug-likeness (QED) is 0.591.